The minimum atomic E-state index is -1.45. The number of nitrogens with one attached hydrogen (secondary N) is 1. The predicted molar refractivity (Wildman–Crippen MR) is 104 cm³/mol. The number of methoxy groups -OCH3 is 3. The van der Waals surface area contributed by atoms with Gasteiger partial charge in [0.25, 0.3) is 5.91 Å². The van der Waals surface area contributed by atoms with Crippen molar-refractivity contribution in [3.63, 3.8) is 0 Å². The first-order valence-electron chi connectivity index (χ1n) is 9.13. The first-order chi connectivity index (χ1) is 14.7. The Hall–Kier alpha value is -3.22. The molecule has 1 aromatic heterocycles. The van der Waals surface area contributed by atoms with Gasteiger partial charge in [-0.15, -0.1) is 0 Å². The summed E-state index contributed by atoms with van der Waals surface area (Å²) in [5.41, 5.74) is -0.960. The second-order valence-corrected chi connectivity index (χ2v) is 6.71. The average Bonchev–Trinajstić information content (AvgIpc) is 3.01. The number of ether oxygens (including phenoxy) is 4. The number of carbonyl (C=O) groups excluding carboxylic acids is 1. The van der Waals surface area contributed by atoms with E-state index in [9.17, 15) is 24.2 Å². The van der Waals surface area contributed by atoms with Crippen LogP contribution in [-0.2, 0) is 4.74 Å². The van der Waals surface area contributed by atoms with Gasteiger partial charge in [0.15, 0.2) is 29.4 Å². The number of hydrogen-bond donors (Lipinski definition) is 3. The number of aromatic nitrogens is 2. The van der Waals surface area contributed by atoms with Crippen LogP contribution in [0.1, 0.15) is 23.5 Å². The van der Waals surface area contributed by atoms with E-state index in [2.05, 4.69) is 10.3 Å². The van der Waals surface area contributed by atoms with Gasteiger partial charge in [-0.05, 0) is 19.1 Å². The molecule has 1 amide bonds. The highest BCUT2D eigenvalue weighted by Gasteiger charge is 2.42. The highest BCUT2D eigenvalue weighted by molar-refractivity contribution is 6.04. The van der Waals surface area contributed by atoms with E-state index in [0.717, 1.165) is 6.20 Å². The van der Waals surface area contributed by atoms with E-state index < -0.39 is 47.8 Å². The molecule has 2 unspecified atom stereocenters. The average molecular weight is 439 g/mol. The molecule has 2 aromatic rings. The summed E-state index contributed by atoms with van der Waals surface area (Å²) in [7, 11) is 4.15. The van der Waals surface area contributed by atoms with E-state index in [-0.39, 0.29) is 22.8 Å². The van der Waals surface area contributed by atoms with Gasteiger partial charge in [0, 0.05) is 5.56 Å². The van der Waals surface area contributed by atoms with Gasteiger partial charge < -0.3 is 34.5 Å². The number of amides is 1. The number of hydrogen-bond acceptors (Lipinski definition) is 9. The summed E-state index contributed by atoms with van der Waals surface area (Å²) < 4.78 is 36.1. The van der Waals surface area contributed by atoms with Gasteiger partial charge in [0.05, 0.1) is 33.6 Å². The third kappa shape index (κ3) is 4.17. The normalized spacial score (nSPS) is 22.8. The topological polar surface area (TPSA) is 141 Å². The lowest BCUT2D eigenvalue weighted by molar-refractivity contribution is -0.0355. The number of aliphatic hydroxyl groups excluding tert-OH is 2. The number of benzene rings is 1. The lowest BCUT2D eigenvalue weighted by atomic mass is 10.1. The van der Waals surface area contributed by atoms with Crippen molar-refractivity contribution in [2.45, 2.75) is 31.5 Å². The number of rotatable bonds is 6. The predicted octanol–water partition coefficient (Wildman–Crippen LogP) is 0.300. The molecule has 1 fully saturated rings. The second-order valence-electron chi connectivity index (χ2n) is 6.71. The van der Waals surface area contributed by atoms with Crippen LogP contribution in [0.4, 0.5) is 10.2 Å². The molecule has 31 heavy (non-hydrogen) atoms. The molecular weight excluding hydrogens is 417 g/mol. The molecule has 1 aliphatic heterocycles. The Labute approximate surface area is 175 Å². The zero-order valence-corrected chi connectivity index (χ0v) is 17.2. The van der Waals surface area contributed by atoms with Crippen molar-refractivity contribution in [1.82, 2.24) is 9.55 Å². The number of aliphatic hydroxyl groups is 2. The van der Waals surface area contributed by atoms with Crippen molar-refractivity contribution in [2.75, 3.05) is 26.6 Å². The summed E-state index contributed by atoms with van der Waals surface area (Å²) in [6, 6.07) is 2.70. The largest absolute Gasteiger partial charge is 0.493 e. The van der Waals surface area contributed by atoms with Crippen LogP contribution in [-0.4, -0.2) is 65.3 Å². The Morgan fingerprint density at radius 1 is 1.16 bits per heavy atom. The van der Waals surface area contributed by atoms with E-state index in [0.29, 0.717) is 4.57 Å². The van der Waals surface area contributed by atoms with Crippen LogP contribution in [0, 0.1) is 5.82 Å². The van der Waals surface area contributed by atoms with E-state index in [4.69, 9.17) is 18.9 Å². The fraction of sp³-hybridized carbons (Fsp3) is 0.421. The van der Waals surface area contributed by atoms with Crippen molar-refractivity contribution in [3.8, 4) is 17.2 Å². The van der Waals surface area contributed by atoms with Crippen molar-refractivity contribution in [2.24, 2.45) is 0 Å². The minimum absolute atomic E-state index is 0.0337. The van der Waals surface area contributed by atoms with Crippen LogP contribution in [0.5, 0.6) is 17.2 Å². The van der Waals surface area contributed by atoms with E-state index in [1.54, 1.807) is 0 Å². The first-order valence-corrected chi connectivity index (χ1v) is 9.13. The number of nitrogens with zero attached hydrogens (tertiary/aromatic N) is 2. The van der Waals surface area contributed by atoms with Crippen LogP contribution in [0.2, 0.25) is 0 Å². The summed E-state index contributed by atoms with van der Waals surface area (Å²) in [6.45, 7) is 1.49. The smallest absolute Gasteiger partial charge is 0.351 e. The molecule has 4 atom stereocenters. The summed E-state index contributed by atoms with van der Waals surface area (Å²) >= 11 is 0. The number of carbonyl (C=O) groups is 1. The monoisotopic (exact) mass is 439 g/mol. The molecule has 1 aromatic carbocycles. The van der Waals surface area contributed by atoms with Gasteiger partial charge in [-0.25, -0.2) is 9.18 Å². The summed E-state index contributed by atoms with van der Waals surface area (Å²) in [4.78, 5) is 28.5. The number of anilines is 1. The highest BCUT2D eigenvalue weighted by Crippen LogP contribution is 2.38. The molecule has 0 saturated carbocycles. The molecular formula is C19H22FN3O8. The van der Waals surface area contributed by atoms with Gasteiger partial charge in [0.2, 0.25) is 5.75 Å². The molecule has 1 saturated heterocycles. The Morgan fingerprint density at radius 2 is 1.77 bits per heavy atom. The quantitative estimate of drug-likeness (QED) is 0.579. The lowest BCUT2D eigenvalue weighted by Crippen LogP contribution is -2.36. The Bertz CT molecular complexity index is 1020. The van der Waals surface area contributed by atoms with Gasteiger partial charge in [-0.1, -0.05) is 0 Å². The second kappa shape index (κ2) is 8.88. The summed E-state index contributed by atoms with van der Waals surface area (Å²) in [5.74, 6) is -1.79. The van der Waals surface area contributed by atoms with Crippen LogP contribution < -0.4 is 25.2 Å². The highest BCUT2D eigenvalue weighted by atomic mass is 19.1. The zero-order valence-electron chi connectivity index (χ0n) is 17.2. The standard InChI is InChI=1S/C19H22FN3O8/c1-8-13(24)14(25)18(31-8)23-7-10(20)16(22-19(23)27)21-17(26)9-5-11(28-2)15(30-4)12(6-9)29-3/h5-8,13-14,18,24-25H,1-4H3,(H,21,22,26,27)/t8-,13?,14?,18-/m1/s1. The van der Waals surface area contributed by atoms with Crippen LogP contribution in [0.25, 0.3) is 0 Å². The molecule has 0 bridgehead atoms. The zero-order chi connectivity index (χ0) is 22.9. The van der Waals surface area contributed by atoms with E-state index >= 15 is 0 Å². The molecule has 2 heterocycles. The van der Waals surface area contributed by atoms with Gasteiger partial charge in [-0.2, -0.15) is 4.98 Å². The third-order valence-corrected chi connectivity index (χ3v) is 4.82. The van der Waals surface area contributed by atoms with Gasteiger partial charge in [-0.3, -0.25) is 9.36 Å². The molecule has 168 valence electrons. The van der Waals surface area contributed by atoms with Crippen LogP contribution in [0.3, 0.4) is 0 Å². The Balaban J connectivity index is 1.89. The molecule has 0 aliphatic carbocycles. The maximum atomic E-state index is 14.6. The van der Waals surface area contributed by atoms with Crippen LogP contribution >= 0.6 is 0 Å². The molecule has 0 radical (unpaired) electrons. The fourth-order valence-electron chi connectivity index (χ4n) is 3.16. The van der Waals surface area contributed by atoms with Gasteiger partial charge >= 0.3 is 5.69 Å². The lowest BCUT2D eigenvalue weighted by Gasteiger charge is -2.18. The van der Waals surface area contributed by atoms with Crippen molar-refractivity contribution in [3.05, 3.63) is 40.2 Å². The number of halogens is 1. The molecule has 0 spiro atoms. The SMILES string of the molecule is COc1cc(C(=O)Nc2nc(=O)n([C@@H]3O[C@H](C)C(O)C3O)cc2F)cc(OC)c1OC. The van der Waals surface area contributed by atoms with Gasteiger partial charge in [0.1, 0.15) is 12.2 Å². The molecule has 11 nitrogen and oxygen atoms in total. The molecule has 1 aliphatic rings. The van der Waals surface area contributed by atoms with Crippen LogP contribution in [0.15, 0.2) is 23.1 Å². The minimum Gasteiger partial charge on any atom is -0.493 e. The van der Waals surface area contributed by atoms with Crippen molar-refractivity contribution >= 4 is 11.7 Å². The Kier molecular flexibility index (Phi) is 6.43. The molecule has 12 heteroatoms. The van der Waals surface area contributed by atoms with E-state index in [1.165, 1.54) is 40.4 Å². The third-order valence-electron chi connectivity index (χ3n) is 4.82. The maximum absolute atomic E-state index is 14.6. The molecule has 3 rings (SSSR count). The van der Waals surface area contributed by atoms with E-state index in [1.807, 2.05) is 0 Å². The summed E-state index contributed by atoms with van der Waals surface area (Å²) in [6.07, 6.45) is -4.06. The molecule has 3 N–H and O–H groups in total. The Morgan fingerprint density at radius 3 is 2.26 bits per heavy atom. The summed E-state index contributed by atoms with van der Waals surface area (Å²) in [5, 5.41) is 22.0. The van der Waals surface area contributed by atoms with Crippen molar-refractivity contribution in [1.29, 1.82) is 0 Å². The fourth-order valence-corrected chi connectivity index (χ4v) is 3.16. The first kappa shape index (κ1) is 22.5. The maximum Gasteiger partial charge on any atom is 0.351 e. The van der Waals surface area contributed by atoms with Crippen molar-refractivity contribution < 1.29 is 38.3 Å².